The van der Waals surface area contributed by atoms with Crippen molar-refractivity contribution in [1.29, 1.82) is 0 Å². The molecule has 0 spiro atoms. The molecule has 1 unspecified atom stereocenters. The van der Waals surface area contributed by atoms with Crippen molar-refractivity contribution in [3.05, 3.63) is 71.8 Å². The van der Waals surface area contributed by atoms with Gasteiger partial charge in [0.05, 0.1) is 0 Å². The summed E-state index contributed by atoms with van der Waals surface area (Å²) in [4.78, 5) is 23.1. The molecule has 2 aromatic rings. The lowest BCUT2D eigenvalue weighted by Gasteiger charge is -2.26. The van der Waals surface area contributed by atoms with E-state index in [0.717, 1.165) is 0 Å². The monoisotopic (exact) mass is 289 g/mol. The summed E-state index contributed by atoms with van der Waals surface area (Å²) in [5.74, 6) is -0.894. The Morgan fingerprint density at radius 3 is 1.70 bits per heavy atom. The number of benzene rings is 2. The van der Waals surface area contributed by atoms with Crippen LogP contribution in [-0.4, -0.2) is 5.91 Å². The molecular weight excluding hydrogens is 277 g/mol. The van der Waals surface area contributed by atoms with E-state index >= 15 is 0 Å². The molecule has 0 saturated heterocycles. The average Bonchev–Trinajstić information content (AvgIpc) is 2.46. The van der Waals surface area contributed by atoms with Crippen molar-refractivity contribution in [3.63, 3.8) is 0 Å². The average molecular weight is 289 g/mol. The van der Waals surface area contributed by atoms with E-state index in [1.807, 2.05) is 0 Å². The zero-order valence-corrected chi connectivity index (χ0v) is 11.3. The number of carbonyl (C=O) groups is 1. The first-order chi connectivity index (χ1) is 9.57. The fraction of sp³-hybridized carbons (Fsp3) is 0.0714. The van der Waals surface area contributed by atoms with E-state index in [0.29, 0.717) is 11.1 Å². The summed E-state index contributed by atoms with van der Waals surface area (Å²) >= 11 is 0. The van der Waals surface area contributed by atoms with E-state index in [2.05, 4.69) is 0 Å². The fourth-order valence-electron chi connectivity index (χ4n) is 2.06. The SMILES string of the molecule is NC(=O)C(O[P+](=O)[O-])(c1ccccc1)c1ccccc1. The van der Waals surface area contributed by atoms with Crippen molar-refractivity contribution < 1.29 is 18.8 Å². The Hall–Kier alpha value is -2.07. The molecule has 0 bridgehead atoms. The summed E-state index contributed by atoms with van der Waals surface area (Å²) in [5, 5.41) is 0. The molecule has 6 heteroatoms. The lowest BCUT2D eigenvalue weighted by molar-refractivity contribution is -0.195. The molecule has 102 valence electrons. The van der Waals surface area contributed by atoms with Gasteiger partial charge in [-0.3, -0.25) is 4.79 Å². The minimum Gasteiger partial charge on any atom is -0.566 e. The minimum atomic E-state index is -3.27. The van der Waals surface area contributed by atoms with Crippen LogP contribution in [0.4, 0.5) is 0 Å². The molecule has 0 aliphatic carbocycles. The van der Waals surface area contributed by atoms with Gasteiger partial charge in [-0.2, -0.15) is 0 Å². The van der Waals surface area contributed by atoms with Gasteiger partial charge in [0.2, 0.25) is 0 Å². The molecule has 0 heterocycles. The Labute approximate surface area is 117 Å². The second-order valence-electron chi connectivity index (χ2n) is 4.09. The van der Waals surface area contributed by atoms with Crippen LogP contribution in [0.2, 0.25) is 0 Å². The van der Waals surface area contributed by atoms with Gasteiger partial charge < -0.3 is 10.6 Å². The number of carbonyl (C=O) groups excluding carboxylic acids is 1. The van der Waals surface area contributed by atoms with Crippen molar-refractivity contribution >= 4 is 14.2 Å². The van der Waals surface area contributed by atoms with E-state index in [9.17, 15) is 14.3 Å². The maximum atomic E-state index is 12.0. The van der Waals surface area contributed by atoms with E-state index in [-0.39, 0.29) is 0 Å². The number of hydrogen-bond acceptors (Lipinski definition) is 4. The van der Waals surface area contributed by atoms with E-state index in [1.54, 1.807) is 60.7 Å². The number of amides is 1. The molecular formula is C14H12NO4P. The van der Waals surface area contributed by atoms with Gasteiger partial charge in [0, 0.05) is 11.1 Å². The highest BCUT2D eigenvalue weighted by atomic mass is 31.1. The van der Waals surface area contributed by atoms with Gasteiger partial charge in [-0.15, -0.1) is 4.52 Å². The molecule has 1 amide bonds. The first kappa shape index (κ1) is 14.3. The predicted molar refractivity (Wildman–Crippen MR) is 71.5 cm³/mol. The number of nitrogens with two attached hydrogens (primary N) is 1. The number of primary amides is 1. The van der Waals surface area contributed by atoms with Crippen LogP contribution < -0.4 is 10.6 Å². The Balaban J connectivity index is 2.69. The molecule has 0 fully saturated rings. The molecule has 0 radical (unpaired) electrons. The molecule has 0 aliphatic rings. The normalized spacial score (nSPS) is 11.9. The van der Waals surface area contributed by atoms with Gasteiger partial charge in [0.1, 0.15) is 0 Å². The summed E-state index contributed by atoms with van der Waals surface area (Å²) in [6.07, 6.45) is 0. The molecule has 1 atom stereocenters. The molecule has 0 saturated carbocycles. The van der Waals surface area contributed by atoms with Crippen LogP contribution in [-0.2, 0) is 19.5 Å². The maximum Gasteiger partial charge on any atom is 0.490 e. The van der Waals surface area contributed by atoms with Crippen LogP contribution in [0, 0.1) is 0 Å². The molecule has 0 aromatic heterocycles. The Bertz CT molecular complexity index is 576. The molecule has 5 nitrogen and oxygen atoms in total. The van der Waals surface area contributed by atoms with E-state index in [1.165, 1.54) is 0 Å². The van der Waals surface area contributed by atoms with Crippen LogP contribution in [0.5, 0.6) is 0 Å². The van der Waals surface area contributed by atoms with Crippen molar-refractivity contribution in [2.75, 3.05) is 0 Å². The lowest BCUT2D eigenvalue weighted by Crippen LogP contribution is -2.43. The molecule has 2 N–H and O–H groups in total. The zero-order chi connectivity index (χ0) is 14.6. The van der Waals surface area contributed by atoms with Crippen molar-refractivity contribution in [2.45, 2.75) is 5.60 Å². The maximum absolute atomic E-state index is 12.0. The van der Waals surface area contributed by atoms with Crippen LogP contribution in [0.1, 0.15) is 11.1 Å². The van der Waals surface area contributed by atoms with Crippen LogP contribution in [0.25, 0.3) is 0 Å². The Morgan fingerprint density at radius 2 is 1.40 bits per heavy atom. The fourth-order valence-corrected chi connectivity index (χ4v) is 2.58. The minimum absolute atomic E-state index is 0.359. The van der Waals surface area contributed by atoms with Gasteiger partial charge in [0.15, 0.2) is 0 Å². The molecule has 2 rings (SSSR count). The molecule has 0 aliphatic heterocycles. The third-order valence-electron chi connectivity index (χ3n) is 2.92. The van der Waals surface area contributed by atoms with Gasteiger partial charge in [-0.1, -0.05) is 60.7 Å². The summed E-state index contributed by atoms with van der Waals surface area (Å²) in [5.41, 5.74) is 4.32. The van der Waals surface area contributed by atoms with Gasteiger partial charge in [-0.05, 0) is 4.57 Å². The summed E-state index contributed by atoms with van der Waals surface area (Å²) < 4.78 is 16.0. The Kier molecular flexibility index (Phi) is 4.25. The summed E-state index contributed by atoms with van der Waals surface area (Å²) in [6, 6.07) is 16.6. The topological polar surface area (TPSA) is 92.5 Å². The lowest BCUT2D eigenvalue weighted by atomic mass is 9.86. The van der Waals surface area contributed by atoms with E-state index < -0.39 is 19.8 Å². The first-order valence-electron chi connectivity index (χ1n) is 5.82. The third-order valence-corrected chi connectivity index (χ3v) is 3.34. The van der Waals surface area contributed by atoms with Crippen molar-refractivity contribution in [3.8, 4) is 0 Å². The number of rotatable bonds is 5. The van der Waals surface area contributed by atoms with Crippen molar-refractivity contribution in [2.24, 2.45) is 5.73 Å². The van der Waals surface area contributed by atoms with Crippen LogP contribution >= 0.6 is 8.25 Å². The molecule has 20 heavy (non-hydrogen) atoms. The number of hydrogen-bond donors (Lipinski definition) is 1. The predicted octanol–water partition coefficient (Wildman–Crippen LogP) is 1.45. The van der Waals surface area contributed by atoms with Gasteiger partial charge in [0.25, 0.3) is 11.5 Å². The largest absolute Gasteiger partial charge is 0.566 e. The first-order valence-corrected chi connectivity index (χ1v) is 6.91. The van der Waals surface area contributed by atoms with Gasteiger partial charge in [-0.25, -0.2) is 0 Å². The van der Waals surface area contributed by atoms with Crippen LogP contribution in [0.15, 0.2) is 60.7 Å². The third kappa shape index (κ3) is 2.60. The Morgan fingerprint density at radius 1 is 1.00 bits per heavy atom. The van der Waals surface area contributed by atoms with Crippen LogP contribution in [0.3, 0.4) is 0 Å². The van der Waals surface area contributed by atoms with Gasteiger partial charge >= 0.3 is 8.25 Å². The standard InChI is InChI=1S/C14H12NO4P/c15-13(16)14(19-20(17)18,11-7-3-1-4-8-11)12-9-5-2-6-10-12/h1-10H,(H2,15,16). The summed E-state index contributed by atoms with van der Waals surface area (Å²) in [7, 11) is -3.27. The highest BCUT2D eigenvalue weighted by Gasteiger charge is 2.47. The highest BCUT2D eigenvalue weighted by Crippen LogP contribution is 2.39. The summed E-state index contributed by atoms with van der Waals surface area (Å²) in [6.45, 7) is 0. The smallest absolute Gasteiger partial charge is 0.490 e. The molecule has 2 aromatic carbocycles. The zero-order valence-electron chi connectivity index (χ0n) is 10.4. The second-order valence-corrected chi connectivity index (χ2v) is 4.72. The van der Waals surface area contributed by atoms with E-state index in [4.69, 9.17) is 10.3 Å². The highest BCUT2D eigenvalue weighted by molar-refractivity contribution is 7.30. The van der Waals surface area contributed by atoms with Crippen molar-refractivity contribution in [1.82, 2.24) is 0 Å². The second kappa shape index (κ2) is 5.92. The quantitative estimate of drug-likeness (QED) is 0.843.